The van der Waals surface area contributed by atoms with Crippen LogP contribution in [0.5, 0.6) is 0 Å². The third kappa shape index (κ3) is 4.85. The van der Waals surface area contributed by atoms with E-state index >= 15 is 0 Å². The predicted octanol–water partition coefficient (Wildman–Crippen LogP) is 1.64. The summed E-state index contributed by atoms with van der Waals surface area (Å²) in [6, 6.07) is 4.38. The molecular weight excluding hydrogens is 334 g/mol. The molecule has 1 rings (SSSR count). The molecule has 0 saturated heterocycles. The Morgan fingerprint density at radius 1 is 1.47 bits per heavy atom. The molecule has 0 aliphatic rings. The van der Waals surface area contributed by atoms with Gasteiger partial charge < -0.3 is 9.84 Å². The lowest BCUT2D eigenvalue weighted by Gasteiger charge is -2.15. The van der Waals surface area contributed by atoms with Crippen molar-refractivity contribution in [3.63, 3.8) is 0 Å². The van der Waals surface area contributed by atoms with Gasteiger partial charge in [-0.25, -0.2) is 13.1 Å². The Labute approximate surface area is 122 Å². The number of ether oxygens (including phenoxy) is 1. The van der Waals surface area contributed by atoms with Gasteiger partial charge in [0.1, 0.15) is 0 Å². The highest BCUT2D eigenvalue weighted by Crippen LogP contribution is 2.23. The Morgan fingerprint density at radius 3 is 2.74 bits per heavy atom. The highest BCUT2D eigenvalue weighted by molar-refractivity contribution is 9.10. The van der Waals surface area contributed by atoms with Crippen molar-refractivity contribution < 1.29 is 18.3 Å². The Morgan fingerprint density at radius 2 is 2.16 bits per heavy atom. The fourth-order valence-corrected chi connectivity index (χ4v) is 3.75. The summed E-state index contributed by atoms with van der Waals surface area (Å²) in [5.41, 5.74) is 0.543. The first kappa shape index (κ1) is 16.6. The van der Waals surface area contributed by atoms with E-state index in [1.54, 1.807) is 19.1 Å². The van der Waals surface area contributed by atoms with E-state index in [1.165, 1.54) is 6.07 Å². The summed E-state index contributed by atoms with van der Waals surface area (Å²) < 4.78 is 32.6. The number of sulfonamides is 1. The zero-order chi connectivity index (χ0) is 14.5. The van der Waals surface area contributed by atoms with Crippen molar-refractivity contribution in [2.24, 2.45) is 0 Å². The zero-order valence-electron chi connectivity index (χ0n) is 10.9. The fraction of sp³-hybridized carbons (Fsp3) is 0.500. The minimum atomic E-state index is -3.64. The van der Waals surface area contributed by atoms with Gasteiger partial charge in [-0.1, -0.05) is 6.07 Å². The molecule has 0 bridgehead atoms. The molecule has 0 saturated carbocycles. The van der Waals surface area contributed by atoms with Gasteiger partial charge in [-0.15, -0.1) is 0 Å². The molecule has 0 spiro atoms. The highest BCUT2D eigenvalue weighted by atomic mass is 79.9. The van der Waals surface area contributed by atoms with E-state index in [0.29, 0.717) is 23.2 Å². The number of rotatable bonds is 7. The third-order valence-electron chi connectivity index (χ3n) is 2.40. The standard InChI is InChI=1S/C12H18BrNO4S/c1-3-18-8-9(2)14-19(16,17)12-6-10(7-15)4-5-11(12)13/h4-6,9,14-15H,3,7-8H2,1-2H3. The summed E-state index contributed by atoms with van der Waals surface area (Å²) in [7, 11) is -3.64. The lowest BCUT2D eigenvalue weighted by Crippen LogP contribution is -2.36. The molecule has 5 nitrogen and oxygen atoms in total. The second kappa shape index (κ2) is 7.35. The molecular formula is C12H18BrNO4S. The quantitative estimate of drug-likeness (QED) is 0.782. The number of hydrogen-bond acceptors (Lipinski definition) is 4. The van der Waals surface area contributed by atoms with Crippen LogP contribution in [0.25, 0.3) is 0 Å². The fourth-order valence-electron chi connectivity index (χ4n) is 1.51. The van der Waals surface area contributed by atoms with Gasteiger partial charge in [0.2, 0.25) is 10.0 Å². The molecule has 2 N–H and O–H groups in total. The van der Waals surface area contributed by atoms with Gasteiger partial charge in [-0.2, -0.15) is 0 Å². The van der Waals surface area contributed by atoms with Crippen LogP contribution in [0.3, 0.4) is 0 Å². The topological polar surface area (TPSA) is 75.6 Å². The Kier molecular flexibility index (Phi) is 6.41. The van der Waals surface area contributed by atoms with Gasteiger partial charge >= 0.3 is 0 Å². The number of hydrogen-bond donors (Lipinski definition) is 2. The van der Waals surface area contributed by atoms with Crippen molar-refractivity contribution in [2.75, 3.05) is 13.2 Å². The second-order valence-electron chi connectivity index (χ2n) is 4.10. The lowest BCUT2D eigenvalue weighted by atomic mass is 10.2. The Hall–Kier alpha value is -0.470. The van der Waals surface area contributed by atoms with Crippen molar-refractivity contribution in [3.05, 3.63) is 28.2 Å². The maximum Gasteiger partial charge on any atom is 0.242 e. The highest BCUT2D eigenvalue weighted by Gasteiger charge is 2.20. The Bertz CT molecular complexity index is 518. The minimum Gasteiger partial charge on any atom is -0.392 e. The van der Waals surface area contributed by atoms with Crippen molar-refractivity contribution in [3.8, 4) is 0 Å². The van der Waals surface area contributed by atoms with E-state index in [2.05, 4.69) is 20.7 Å². The van der Waals surface area contributed by atoms with E-state index in [0.717, 1.165) is 0 Å². The summed E-state index contributed by atoms with van der Waals surface area (Å²) in [4.78, 5) is 0.113. The SMILES string of the molecule is CCOCC(C)NS(=O)(=O)c1cc(CO)ccc1Br. The summed E-state index contributed by atoms with van der Waals surface area (Å²) in [6.07, 6.45) is 0. The van der Waals surface area contributed by atoms with E-state index in [4.69, 9.17) is 9.84 Å². The molecule has 0 fully saturated rings. The zero-order valence-corrected chi connectivity index (χ0v) is 13.3. The number of aliphatic hydroxyl groups is 1. The van der Waals surface area contributed by atoms with Crippen LogP contribution in [-0.4, -0.2) is 32.8 Å². The van der Waals surface area contributed by atoms with Crippen LogP contribution in [0.1, 0.15) is 19.4 Å². The Balaban J connectivity index is 2.93. The van der Waals surface area contributed by atoms with E-state index in [-0.39, 0.29) is 17.5 Å². The normalized spacial score (nSPS) is 13.5. The molecule has 0 aromatic heterocycles. The average Bonchev–Trinajstić information content (AvgIpc) is 2.36. The third-order valence-corrected chi connectivity index (χ3v) is 4.98. The first-order valence-corrected chi connectivity index (χ1v) is 8.17. The summed E-state index contributed by atoms with van der Waals surface area (Å²) in [6.45, 7) is 4.23. The molecule has 1 unspecified atom stereocenters. The molecule has 1 atom stereocenters. The maximum absolute atomic E-state index is 12.2. The molecule has 108 valence electrons. The lowest BCUT2D eigenvalue weighted by molar-refractivity contribution is 0.133. The molecule has 0 heterocycles. The number of halogens is 1. The second-order valence-corrected chi connectivity index (χ2v) is 6.64. The van der Waals surface area contributed by atoms with Gasteiger partial charge in [0.05, 0.1) is 18.1 Å². The molecule has 0 radical (unpaired) electrons. The van der Waals surface area contributed by atoms with Crippen LogP contribution in [0.15, 0.2) is 27.6 Å². The van der Waals surface area contributed by atoms with Crippen LogP contribution >= 0.6 is 15.9 Å². The average molecular weight is 352 g/mol. The van der Waals surface area contributed by atoms with Gasteiger partial charge in [0.25, 0.3) is 0 Å². The smallest absolute Gasteiger partial charge is 0.242 e. The number of aliphatic hydroxyl groups excluding tert-OH is 1. The minimum absolute atomic E-state index is 0.113. The van der Waals surface area contributed by atoms with Crippen LogP contribution in [0.2, 0.25) is 0 Å². The van der Waals surface area contributed by atoms with Gasteiger partial charge in [0, 0.05) is 17.1 Å². The summed E-state index contributed by atoms with van der Waals surface area (Å²) >= 11 is 3.21. The first-order valence-electron chi connectivity index (χ1n) is 5.90. The van der Waals surface area contributed by atoms with Crippen LogP contribution in [-0.2, 0) is 21.4 Å². The summed E-state index contributed by atoms with van der Waals surface area (Å²) in [5, 5.41) is 9.07. The van der Waals surface area contributed by atoms with E-state index in [1.807, 2.05) is 6.92 Å². The maximum atomic E-state index is 12.2. The largest absolute Gasteiger partial charge is 0.392 e. The molecule has 1 aromatic carbocycles. The molecule has 0 amide bonds. The first-order chi connectivity index (χ1) is 8.90. The van der Waals surface area contributed by atoms with Crippen molar-refractivity contribution in [1.82, 2.24) is 4.72 Å². The van der Waals surface area contributed by atoms with E-state index < -0.39 is 10.0 Å². The van der Waals surface area contributed by atoms with Crippen LogP contribution in [0.4, 0.5) is 0 Å². The number of benzene rings is 1. The predicted molar refractivity (Wildman–Crippen MR) is 76.3 cm³/mol. The monoisotopic (exact) mass is 351 g/mol. The van der Waals surface area contributed by atoms with Gasteiger partial charge in [-0.05, 0) is 47.5 Å². The van der Waals surface area contributed by atoms with Gasteiger partial charge in [0.15, 0.2) is 0 Å². The summed E-state index contributed by atoms with van der Waals surface area (Å²) in [5.74, 6) is 0. The van der Waals surface area contributed by atoms with Crippen molar-refractivity contribution >= 4 is 26.0 Å². The number of nitrogens with one attached hydrogen (secondary N) is 1. The van der Waals surface area contributed by atoms with Crippen LogP contribution < -0.4 is 4.72 Å². The van der Waals surface area contributed by atoms with E-state index in [9.17, 15) is 8.42 Å². The van der Waals surface area contributed by atoms with Gasteiger partial charge in [-0.3, -0.25) is 0 Å². The van der Waals surface area contributed by atoms with Crippen LogP contribution in [0, 0.1) is 0 Å². The molecule has 19 heavy (non-hydrogen) atoms. The molecule has 1 aromatic rings. The van der Waals surface area contributed by atoms with Crippen molar-refractivity contribution in [2.45, 2.75) is 31.4 Å². The molecule has 7 heteroatoms. The van der Waals surface area contributed by atoms with Crippen molar-refractivity contribution in [1.29, 1.82) is 0 Å². The molecule has 0 aliphatic carbocycles. The molecule has 0 aliphatic heterocycles.